The van der Waals surface area contributed by atoms with Gasteiger partial charge in [0.15, 0.2) is 0 Å². The molecule has 1 aliphatic carbocycles. The molecule has 1 nitrogen and oxygen atoms in total. The molecule has 0 aromatic heterocycles. The molecule has 2 heteroatoms. The van der Waals surface area contributed by atoms with E-state index in [0.717, 1.165) is 6.61 Å². The molecule has 1 saturated carbocycles. The molecule has 92 valence electrons. The van der Waals surface area contributed by atoms with Gasteiger partial charge in [0.2, 0.25) is 0 Å². The molecule has 2 fully saturated rings. The highest BCUT2D eigenvalue weighted by Gasteiger charge is 2.40. The molecule has 0 aromatic carbocycles. The summed E-state index contributed by atoms with van der Waals surface area (Å²) in [6, 6.07) is 0. The Morgan fingerprint density at radius 2 is 1.81 bits per heavy atom. The van der Waals surface area contributed by atoms with Crippen molar-refractivity contribution in [1.29, 1.82) is 0 Å². The van der Waals surface area contributed by atoms with Crippen molar-refractivity contribution in [2.75, 3.05) is 6.61 Å². The molecule has 2 aliphatic rings. The predicted octanol–water partition coefficient (Wildman–Crippen LogP) is 4.16. The van der Waals surface area contributed by atoms with Crippen molar-refractivity contribution >= 4 is 8.07 Å². The second kappa shape index (κ2) is 4.65. The van der Waals surface area contributed by atoms with Crippen LogP contribution in [0.2, 0.25) is 19.6 Å². The van der Waals surface area contributed by atoms with Gasteiger partial charge in [-0.15, -0.1) is 0 Å². The summed E-state index contributed by atoms with van der Waals surface area (Å²) >= 11 is 0. The topological polar surface area (TPSA) is 9.23 Å². The zero-order valence-corrected chi connectivity index (χ0v) is 12.1. The van der Waals surface area contributed by atoms with E-state index in [1.54, 1.807) is 0 Å². The quantitative estimate of drug-likeness (QED) is 0.656. The van der Waals surface area contributed by atoms with Gasteiger partial charge >= 0.3 is 0 Å². The lowest BCUT2D eigenvalue weighted by atomic mass is 9.81. The third kappa shape index (κ3) is 3.20. The monoisotopic (exact) mass is 238 g/mol. The van der Waals surface area contributed by atoms with Gasteiger partial charge in [0, 0.05) is 5.92 Å². The molecule has 0 radical (unpaired) electrons. The summed E-state index contributed by atoms with van der Waals surface area (Å²) in [5.74, 6) is 0.699. The van der Waals surface area contributed by atoms with Crippen LogP contribution in [0.3, 0.4) is 0 Å². The summed E-state index contributed by atoms with van der Waals surface area (Å²) < 4.78 is 6.12. The Morgan fingerprint density at radius 1 is 1.12 bits per heavy atom. The maximum Gasteiger partial charge on any atom is 0.0689 e. The van der Waals surface area contributed by atoms with Gasteiger partial charge in [0.25, 0.3) is 0 Å². The number of rotatable bonds is 2. The van der Waals surface area contributed by atoms with Crippen molar-refractivity contribution in [3.63, 3.8) is 0 Å². The van der Waals surface area contributed by atoms with Gasteiger partial charge in [-0.3, -0.25) is 0 Å². The number of hydrogen-bond donors (Lipinski definition) is 0. The minimum absolute atomic E-state index is 0.284. The highest BCUT2D eigenvalue weighted by molar-refractivity contribution is 6.80. The standard InChI is InChI=1S/C14H26OSi/c1-16(2,3)10-7-13-11-14(15-12-13)8-5-4-6-9-14/h7,10,13H,4-6,8-9,11-12H2,1-3H3. The molecule has 1 atom stereocenters. The first-order valence-electron chi connectivity index (χ1n) is 6.83. The van der Waals surface area contributed by atoms with Crippen molar-refractivity contribution in [3.05, 3.63) is 11.8 Å². The molecule has 2 rings (SSSR count). The van der Waals surface area contributed by atoms with E-state index >= 15 is 0 Å². The fourth-order valence-corrected chi connectivity index (χ4v) is 3.82. The average Bonchev–Trinajstić information content (AvgIpc) is 2.59. The van der Waals surface area contributed by atoms with Gasteiger partial charge < -0.3 is 4.74 Å². The minimum Gasteiger partial charge on any atom is -0.374 e. The molecule has 0 aromatic rings. The minimum atomic E-state index is -1.02. The molecule has 1 heterocycles. The molecule has 1 saturated heterocycles. The number of hydrogen-bond acceptors (Lipinski definition) is 1. The van der Waals surface area contributed by atoms with Crippen LogP contribution < -0.4 is 0 Å². The zero-order chi connectivity index (χ0) is 11.6. The van der Waals surface area contributed by atoms with Crippen molar-refractivity contribution < 1.29 is 4.74 Å². The van der Waals surface area contributed by atoms with Crippen LogP contribution in [-0.2, 0) is 4.74 Å². The lowest BCUT2D eigenvalue weighted by molar-refractivity contribution is -0.0246. The van der Waals surface area contributed by atoms with Crippen molar-refractivity contribution in [2.45, 2.75) is 63.8 Å². The second-order valence-electron chi connectivity index (χ2n) is 6.74. The van der Waals surface area contributed by atoms with Crippen molar-refractivity contribution in [3.8, 4) is 0 Å². The molecule has 0 amide bonds. The van der Waals surface area contributed by atoms with E-state index in [-0.39, 0.29) is 5.60 Å². The van der Waals surface area contributed by atoms with Crippen LogP contribution in [0.5, 0.6) is 0 Å². The van der Waals surface area contributed by atoms with E-state index in [4.69, 9.17) is 4.74 Å². The Kier molecular flexibility index (Phi) is 3.60. The third-order valence-electron chi connectivity index (χ3n) is 3.87. The van der Waals surface area contributed by atoms with Crippen LogP contribution in [0.15, 0.2) is 11.8 Å². The van der Waals surface area contributed by atoms with Gasteiger partial charge in [0.05, 0.1) is 20.3 Å². The molecular weight excluding hydrogens is 212 g/mol. The lowest BCUT2D eigenvalue weighted by Gasteiger charge is -2.32. The molecule has 16 heavy (non-hydrogen) atoms. The van der Waals surface area contributed by atoms with Crippen LogP contribution in [0.1, 0.15) is 38.5 Å². The van der Waals surface area contributed by atoms with E-state index in [2.05, 4.69) is 31.4 Å². The van der Waals surface area contributed by atoms with E-state index in [0.29, 0.717) is 5.92 Å². The Bertz CT molecular complexity index is 258. The highest BCUT2D eigenvalue weighted by Crippen LogP contribution is 2.42. The summed E-state index contributed by atoms with van der Waals surface area (Å²) in [5.41, 5.74) is 2.77. The highest BCUT2D eigenvalue weighted by atomic mass is 28.3. The Balaban J connectivity index is 1.90. The van der Waals surface area contributed by atoms with Gasteiger partial charge in [-0.05, 0) is 19.3 Å². The van der Waals surface area contributed by atoms with Gasteiger partial charge in [-0.2, -0.15) is 0 Å². The van der Waals surface area contributed by atoms with Crippen LogP contribution in [-0.4, -0.2) is 20.3 Å². The summed E-state index contributed by atoms with van der Waals surface area (Å²) in [6.07, 6.45) is 10.5. The molecule has 1 aliphatic heterocycles. The van der Waals surface area contributed by atoms with Gasteiger partial charge in [-0.1, -0.05) is 50.7 Å². The number of ether oxygens (including phenoxy) is 1. The summed E-state index contributed by atoms with van der Waals surface area (Å²) in [4.78, 5) is 0. The fourth-order valence-electron chi connectivity index (χ4n) is 2.97. The Hall–Kier alpha value is -0.0831. The van der Waals surface area contributed by atoms with E-state index in [1.165, 1.54) is 38.5 Å². The third-order valence-corrected chi connectivity index (χ3v) is 5.06. The van der Waals surface area contributed by atoms with Crippen molar-refractivity contribution in [1.82, 2.24) is 0 Å². The Labute approximate surface area is 101 Å². The first-order chi connectivity index (χ1) is 7.49. The second-order valence-corrected chi connectivity index (χ2v) is 11.8. The summed E-state index contributed by atoms with van der Waals surface area (Å²) in [6.45, 7) is 8.17. The van der Waals surface area contributed by atoms with Crippen LogP contribution in [0.4, 0.5) is 0 Å². The van der Waals surface area contributed by atoms with Gasteiger partial charge in [-0.25, -0.2) is 0 Å². The molecule has 0 bridgehead atoms. The van der Waals surface area contributed by atoms with E-state index < -0.39 is 8.07 Å². The van der Waals surface area contributed by atoms with Gasteiger partial charge in [0.1, 0.15) is 0 Å². The van der Waals surface area contributed by atoms with Crippen molar-refractivity contribution in [2.24, 2.45) is 5.92 Å². The van der Waals surface area contributed by atoms with Crippen LogP contribution in [0.25, 0.3) is 0 Å². The Morgan fingerprint density at radius 3 is 2.44 bits per heavy atom. The first kappa shape index (κ1) is 12.4. The molecule has 1 unspecified atom stereocenters. The maximum absolute atomic E-state index is 6.12. The molecule has 1 spiro atoms. The SMILES string of the molecule is C[Si](C)(C)C=CC1COC2(CCCCC2)C1. The average molecular weight is 238 g/mol. The summed E-state index contributed by atoms with van der Waals surface area (Å²) in [5, 5.41) is 0. The normalized spacial score (nSPS) is 30.3. The largest absolute Gasteiger partial charge is 0.374 e. The first-order valence-corrected chi connectivity index (χ1v) is 10.4. The fraction of sp³-hybridized carbons (Fsp3) is 0.857. The smallest absolute Gasteiger partial charge is 0.0689 e. The van der Waals surface area contributed by atoms with Crippen LogP contribution >= 0.6 is 0 Å². The maximum atomic E-state index is 6.12. The van der Waals surface area contributed by atoms with Crippen LogP contribution in [0, 0.1) is 5.92 Å². The van der Waals surface area contributed by atoms with E-state index in [1.807, 2.05) is 0 Å². The predicted molar refractivity (Wildman–Crippen MR) is 72.4 cm³/mol. The molecule has 0 N–H and O–H groups in total. The lowest BCUT2D eigenvalue weighted by Crippen LogP contribution is -2.30. The summed E-state index contributed by atoms with van der Waals surface area (Å²) in [7, 11) is -1.02. The molecular formula is C14H26OSi. The zero-order valence-electron chi connectivity index (χ0n) is 11.1. The van der Waals surface area contributed by atoms with E-state index in [9.17, 15) is 0 Å².